The lowest BCUT2D eigenvalue weighted by atomic mass is 10.0. The maximum atomic E-state index is 17.1. The average molecular weight is 744 g/mol. The molecule has 7 rings (SSSR count). The highest BCUT2D eigenvalue weighted by molar-refractivity contribution is 7.22. The van der Waals surface area contributed by atoms with Gasteiger partial charge in [0.2, 0.25) is 0 Å². The van der Waals surface area contributed by atoms with Crippen molar-refractivity contribution in [3.8, 4) is 17.1 Å². The highest BCUT2D eigenvalue weighted by Gasteiger charge is 2.43. The molecule has 3 aliphatic heterocycles. The highest BCUT2D eigenvalue weighted by atomic mass is 35.5. The van der Waals surface area contributed by atoms with Gasteiger partial charge in [0.1, 0.15) is 28.9 Å². The molecular formula is C35H40ClF2N7O5S. The Balaban J connectivity index is 1.32. The number of fused-ring (bicyclic) bond motifs is 4. The minimum atomic E-state index is -0.981. The van der Waals surface area contributed by atoms with Crippen LogP contribution in [0.2, 0.25) is 5.02 Å². The van der Waals surface area contributed by atoms with Gasteiger partial charge in [0.25, 0.3) is 0 Å². The summed E-state index contributed by atoms with van der Waals surface area (Å²) in [5.74, 6) is -0.944. The quantitative estimate of drug-likeness (QED) is 0.193. The molecule has 3 aliphatic rings. The van der Waals surface area contributed by atoms with Crippen molar-refractivity contribution >= 4 is 67.2 Å². The summed E-state index contributed by atoms with van der Waals surface area (Å²) in [4.78, 5) is 44.1. The standard InChI is InChI=1S/C35H40ClF2N7O5S/c1-18(15-43-12-6-5-7-13-43)49-31-39-27-22(30(41-31)45-19-8-9-20(45)17-44(16-19)34(47)48)14-23(36)25(26(27)38)21-10-11-24(37)29-28(21)40-32(51-29)42-33(46)50-35(2,3)4/h10-11,14,18-20H,5-9,12-13,15-17H2,1-4H3,(H,47,48)(H,40,42,46)/t18-,19?,20?/m0/s1. The number of likely N-dealkylation sites (tertiary alicyclic amines) is 2. The van der Waals surface area contributed by atoms with E-state index in [1.165, 1.54) is 23.5 Å². The molecule has 2 unspecified atom stereocenters. The third kappa shape index (κ3) is 7.20. The summed E-state index contributed by atoms with van der Waals surface area (Å²) in [5, 5.41) is 12.7. The van der Waals surface area contributed by atoms with E-state index < -0.39 is 29.4 Å². The Morgan fingerprint density at radius 3 is 2.45 bits per heavy atom. The Hall–Kier alpha value is -4.08. The maximum absolute atomic E-state index is 17.1. The lowest BCUT2D eigenvalue weighted by Gasteiger charge is -2.41. The summed E-state index contributed by atoms with van der Waals surface area (Å²) in [7, 11) is 0. The molecule has 3 fully saturated rings. The van der Waals surface area contributed by atoms with Crippen molar-refractivity contribution in [2.45, 2.75) is 83.6 Å². The summed E-state index contributed by atoms with van der Waals surface area (Å²) >= 11 is 7.79. The summed E-state index contributed by atoms with van der Waals surface area (Å²) in [6.07, 6.45) is 2.89. The highest BCUT2D eigenvalue weighted by Crippen LogP contribution is 2.45. The number of amides is 2. The van der Waals surface area contributed by atoms with Crippen molar-refractivity contribution < 1.29 is 33.0 Å². The zero-order valence-electron chi connectivity index (χ0n) is 28.8. The topological polar surface area (TPSA) is 133 Å². The molecule has 3 saturated heterocycles. The number of aromatic nitrogens is 3. The van der Waals surface area contributed by atoms with E-state index in [1.807, 2.05) is 6.92 Å². The Morgan fingerprint density at radius 1 is 1.08 bits per heavy atom. The van der Waals surface area contributed by atoms with Gasteiger partial charge in [-0.15, -0.1) is 0 Å². The van der Waals surface area contributed by atoms with Crippen LogP contribution >= 0.6 is 22.9 Å². The average Bonchev–Trinajstić information content (AvgIpc) is 3.59. The van der Waals surface area contributed by atoms with Crippen LogP contribution in [0, 0.1) is 11.6 Å². The third-order valence-electron chi connectivity index (χ3n) is 9.48. The summed E-state index contributed by atoms with van der Waals surface area (Å²) in [6.45, 7) is 10.3. The molecular weight excluding hydrogens is 704 g/mol. The van der Waals surface area contributed by atoms with Crippen LogP contribution < -0.4 is 15.0 Å². The smallest absolute Gasteiger partial charge is 0.413 e. The number of piperazine rings is 1. The van der Waals surface area contributed by atoms with Gasteiger partial charge in [-0.1, -0.05) is 29.4 Å². The number of carboxylic acid groups (broad SMARTS) is 1. The minimum Gasteiger partial charge on any atom is -0.465 e. The number of hydrogen-bond acceptors (Lipinski definition) is 10. The minimum absolute atomic E-state index is 0.00370. The number of carbonyl (C=O) groups excluding carboxylic acids is 1. The molecule has 272 valence electrons. The molecule has 0 radical (unpaired) electrons. The Kier molecular flexibility index (Phi) is 9.56. The number of hydrogen-bond donors (Lipinski definition) is 2. The van der Waals surface area contributed by atoms with Crippen LogP contribution in [0.25, 0.3) is 32.2 Å². The van der Waals surface area contributed by atoms with E-state index in [-0.39, 0.29) is 74.3 Å². The first-order valence-corrected chi connectivity index (χ1v) is 18.4. The van der Waals surface area contributed by atoms with Crippen molar-refractivity contribution in [1.82, 2.24) is 24.8 Å². The van der Waals surface area contributed by atoms with Crippen LogP contribution in [0.3, 0.4) is 0 Å². The fourth-order valence-corrected chi connectivity index (χ4v) is 8.58. The second kappa shape index (κ2) is 13.8. The molecule has 2 bridgehead atoms. The van der Waals surface area contributed by atoms with Crippen LogP contribution in [0.4, 0.5) is 29.3 Å². The van der Waals surface area contributed by atoms with E-state index in [0.29, 0.717) is 17.7 Å². The molecule has 2 amide bonds. The van der Waals surface area contributed by atoms with Crippen molar-refractivity contribution in [3.05, 3.63) is 34.9 Å². The Morgan fingerprint density at radius 2 is 1.78 bits per heavy atom. The lowest BCUT2D eigenvalue weighted by molar-refractivity contribution is 0.0635. The first-order chi connectivity index (χ1) is 24.3. The predicted molar refractivity (Wildman–Crippen MR) is 192 cm³/mol. The second-order valence-corrected chi connectivity index (χ2v) is 15.9. The molecule has 2 aromatic carbocycles. The molecule has 12 nitrogen and oxygen atoms in total. The molecule has 4 aromatic rings. The number of benzene rings is 2. The van der Waals surface area contributed by atoms with E-state index >= 15 is 8.78 Å². The Labute approximate surface area is 302 Å². The van der Waals surface area contributed by atoms with Gasteiger partial charge in [0, 0.05) is 48.2 Å². The normalized spacial score (nSPS) is 20.2. The summed E-state index contributed by atoms with van der Waals surface area (Å²) in [5.41, 5.74) is -0.537. The lowest BCUT2D eigenvalue weighted by Crippen LogP contribution is -2.55. The number of anilines is 2. The van der Waals surface area contributed by atoms with Gasteiger partial charge in [0.05, 0.1) is 15.2 Å². The van der Waals surface area contributed by atoms with Crippen LogP contribution in [0.5, 0.6) is 6.01 Å². The van der Waals surface area contributed by atoms with Crippen LogP contribution in [-0.4, -0.2) is 98.6 Å². The number of nitrogens with zero attached hydrogens (tertiary/aromatic N) is 6. The molecule has 16 heteroatoms. The van der Waals surface area contributed by atoms with Crippen LogP contribution in [-0.2, 0) is 4.74 Å². The van der Waals surface area contributed by atoms with Gasteiger partial charge < -0.3 is 24.4 Å². The van der Waals surface area contributed by atoms with Gasteiger partial charge in [0.15, 0.2) is 10.9 Å². The monoisotopic (exact) mass is 743 g/mol. The number of piperidine rings is 1. The second-order valence-electron chi connectivity index (χ2n) is 14.5. The fraction of sp³-hybridized carbons (Fsp3) is 0.514. The number of halogens is 3. The van der Waals surface area contributed by atoms with Crippen molar-refractivity contribution in [1.29, 1.82) is 0 Å². The zero-order chi connectivity index (χ0) is 36.2. The number of nitrogens with one attached hydrogen (secondary N) is 1. The first-order valence-electron chi connectivity index (χ1n) is 17.2. The molecule has 0 spiro atoms. The molecule has 0 aliphatic carbocycles. The predicted octanol–water partition coefficient (Wildman–Crippen LogP) is 7.77. The maximum Gasteiger partial charge on any atom is 0.413 e. The molecule has 0 saturated carbocycles. The van der Waals surface area contributed by atoms with Crippen LogP contribution in [0.15, 0.2) is 18.2 Å². The zero-order valence-corrected chi connectivity index (χ0v) is 30.4. The van der Waals surface area contributed by atoms with Gasteiger partial charge >= 0.3 is 18.2 Å². The van der Waals surface area contributed by atoms with Crippen molar-refractivity contribution in [2.24, 2.45) is 0 Å². The largest absolute Gasteiger partial charge is 0.465 e. The van der Waals surface area contributed by atoms with Crippen molar-refractivity contribution in [2.75, 3.05) is 42.9 Å². The van der Waals surface area contributed by atoms with Gasteiger partial charge in [-0.05, 0) is 84.7 Å². The van der Waals surface area contributed by atoms with Gasteiger partial charge in [-0.25, -0.2) is 23.4 Å². The van der Waals surface area contributed by atoms with Gasteiger partial charge in [-0.2, -0.15) is 9.97 Å². The van der Waals surface area contributed by atoms with Crippen LogP contribution in [0.1, 0.15) is 59.8 Å². The number of ether oxygens (including phenoxy) is 2. The van der Waals surface area contributed by atoms with Crippen molar-refractivity contribution in [3.63, 3.8) is 0 Å². The number of thiazole rings is 1. The van der Waals surface area contributed by atoms with Gasteiger partial charge in [-0.3, -0.25) is 10.2 Å². The summed E-state index contributed by atoms with van der Waals surface area (Å²) in [6, 6.07) is 3.83. The molecule has 51 heavy (non-hydrogen) atoms. The fourth-order valence-electron chi connectivity index (χ4n) is 7.41. The van der Waals surface area contributed by atoms with E-state index in [9.17, 15) is 14.7 Å². The number of rotatable bonds is 7. The molecule has 5 heterocycles. The first kappa shape index (κ1) is 35.3. The van der Waals surface area contributed by atoms with E-state index in [2.05, 4.69) is 25.1 Å². The molecule has 2 N–H and O–H groups in total. The SMILES string of the molecule is C[C@@H](CN1CCCCC1)Oc1nc(N2C3CCC2CN(C(=O)O)C3)c2cc(Cl)c(-c3ccc(F)c4sc(NC(=O)OC(C)(C)C)nc34)c(F)c2n1. The molecule has 3 atom stereocenters. The molecule has 2 aromatic heterocycles. The van der Waals surface area contributed by atoms with E-state index in [4.69, 9.17) is 26.1 Å². The summed E-state index contributed by atoms with van der Waals surface area (Å²) < 4.78 is 44.0. The Bertz CT molecular complexity index is 1990. The van der Waals surface area contributed by atoms with E-state index in [1.54, 1.807) is 26.8 Å². The number of carbonyl (C=O) groups is 2. The van der Waals surface area contributed by atoms with E-state index in [0.717, 1.165) is 50.1 Å². The third-order valence-corrected chi connectivity index (χ3v) is 10.8.